The summed E-state index contributed by atoms with van der Waals surface area (Å²) in [5.74, 6) is 0.806. The van der Waals surface area contributed by atoms with Crippen molar-refractivity contribution in [2.75, 3.05) is 11.9 Å². The Morgan fingerprint density at radius 3 is 3.00 bits per heavy atom. The van der Waals surface area contributed by atoms with Gasteiger partial charge in [0.05, 0.1) is 0 Å². The van der Waals surface area contributed by atoms with E-state index in [1.165, 1.54) is 12.1 Å². The highest BCUT2D eigenvalue weighted by molar-refractivity contribution is 5.86. The Labute approximate surface area is 140 Å². The Morgan fingerprint density at radius 1 is 1.33 bits per heavy atom. The maximum atomic E-state index is 13.3. The average molecular weight is 324 g/mol. The van der Waals surface area contributed by atoms with Crippen LogP contribution in [0.25, 0.3) is 10.9 Å². The second-order valence-electron chi connectivity index (χ2n) is 6.03. The van der Waals surface area contributed by atoms with Crippen LogP contribution in [0.1, 0.15) is 31.2 Å². The predicted octanol–water partition coefficient (Wildman–Crippen LogP) is 4.72. The van der Waals surface area contributed by atoms with Gasteiger partial charge in [-0.3, -0.25) is 0 Å². The molecule has 2 heterocycles. The van der Waals surface area contributed by atoms with Crippen molar-refractivity contribution in [3.8, 4) is 0 Å². The first kappa shape index (κ1) is 16.2. The molecule has 0 aliphatic carbocycles. The minimum atomic E-state index is -0.239. The monoisotopic (exact) mass is 324 g/mol. The zero-order valence-electron chi connectivity index (χ0n) is 13.6. The molecule has 0 fully saturated rings. The third kappa shape index (κ3) is 3.79. The van der Waals surface area contributed by atoms with Crippen LogP contribution in [0.4, 0.5) is 10.2 Å². The summed E-state index contributed by atoms with van der Waals surface area (Å²) < 4.78 is 13.3. The Kier molecular flexibility index (Phi) is 4.89. The maximum Gasteiger partial charge on any atom is 0.125 e. The molecule has 0 aliphatic rings. The number of rotatable bonds is 7. The second kappa shape index (κ2) is 7.25. The van der Waals surface area contributed by atoms with Crippen molar-refractivity contribution in [2.45, 2.75) is 25.7 Å². The fourth-order valence-electron chi connectivity index (χ4n) is 2.92. The summed E-state index contributed by atoms with van der Waals surface area (Å²) in [6.07, 6.45) is 5.04. The molecule has 1 aromatic carbocycles. The van der Waals surface area contributed by atoms with Gasteiger partial charge in [0.2, 0.25) is 0 Å². The number of nitrogens with zero attached hydrogens (tertiary/aromatic N) is 1. The summed E-state index contributed by atoms with van der Waals surface area (Å²) in [5.41, 5.74) is 2.63. The molecule has 24 heavy (non-hydrogen) atoms. The van der Waals surface area contributed by atoms with Gasteiger partial charge in [-0.2, -0.15) is 0 Å². The highest BCUT2D eigenvalue weighted by Gasteiger charge is 2.13. The standard InChI is InChI=1S/C19H21FN4/c1-13(17-12-24-18-11-14(20)5-6-16(17)18)10-15(21)7-9-23-19-4-2-3-8-22-19/h2-6,8,11-13,21,24H,7,9-10H2,1H3,(H,22,23). The lowest BCUT2D eigenvalue weighted by molar-refractivity contribution is 0.629. The average Bonchev–Trinajstić information content (AvgIpc) is 2.98. The zero-order chi connectivity index (χ0) is 16.9. The lowest BCUT2D eigenvalue weighted by atomic mass is 9.94. The van der Waals surface area contributed by atoms with Gasteiger partial charge in [-0.15, -0.1) is 0 Å². The zero-order valence-corrected chi connectivity index (χ0v) is 13.6. The number of halogens is 1. The maximum absolute atomic E-state index is 13.3. The van der Waals surface area contributed by atoms with E-state index in [4.69, 9.17) is 5.41 Å². The number of hydrogen-bond donors (Lipinski definition) is 3. The number of aromatic amines is 1. The van der Waals surface area contributed by atoms with E-state index in [2.05, 4.69) is 22.2 Å². The van der Waals surface area contributed by atoms with Crippen molar-refractivity contribution >= 4 is 22.4 Å². The molecule has 3 aromatic rings. The van der Waals surface area contributed by atoms with E-state index in [1.807, 2.05) is 24.4 Å². The van der Waals surface area contributed by atoms with Crippen LogP contribution in [0, 0.1) is 11.2 Å². The smallest absolute Gasteiger partial charge is 0.125 e. The highest BCUT2D eigenvalue weighted by Crippen LogP contribution is 2.28. The number of nitrogens with one attached hydrogen (secondary N) is 3. The molecule has 2 aromatic heterocycles. The summed E-state index contributed by atoms with van der Waals surface area (Å²) in [6.45, 7) is 2.80. The van der Waals surface area contributed by atoms with Gasteiger partial charge >= 0.3 is 0 Å². The Balaban J connectivity index is 1.55. The van der Waals surface area contributed by atoms with Gasteiger partial charge < -0.3 is 15.7 Å². The summed E-state index contributed by atoms with van der Waals surface area (Å²) in [4.78, 5) is 7.32. The number of anilines is 1. The molecule has 1 unspecified atom stereocenters. The minimum Gasteiger partial charge on any atom is -0.370 e. The van der Waals surface area contributed by atoms with Crippen molar-refractivity contribution in [3.05, 3.63) is 60.2 Å². The van der Waals surface area contributed by atoms with Crippen LogP contribution in [0.5, 0.6) is 0 Å². The lowest BCUT2D eigenvalue weighted by Crippen LogP contribution is -2.10. The van der Waals surface area contributed by atoms with Crippen LogP contribution in [0.15, 0.2) is 48.8 Å². The van der Waals surface area contributed by atoms with E-state index in [0.29, 0.717) is 25.1 Å². The van der Waals surface area contributed by atoms with Gasteiger partial charge in [0, 0.05) is 42.0 Å². The van der Waals surface area contributed by atoms with Gasteiger partial charge in [-0.1, -0.05) is 13.0 Å². The SMILES string of the molecule is CC(CC(=N)CCNc1ccccn1)c1c[nH]c2cc(F)ccc12. The first-order valence-electron chi connectivity index (χ1n) is 8.11. The van der Waals surface area contributed by atoms with Gasteiger partial charge in [-0.05, 0) is 48.2 Å². The highest BCUT2D eigenvalue weighted by atomic mass is 19.1. The van der Waals surface area contributed by atoms with Crippen LogP contribution < -0.4 is 5.32 Å². The van der Waals surface area contributed by atoms with Crippen molar-refractivity contribution in [2.24, 2.45) is 0 Å². The van der Waals surface area contributed by atoms with Crippen LogP contribution in [0.3, 0.4) is 0 Å². The fourth-order valence-corrected chi connectivity index (χ4v) is 2.92. The number of hydrogen-bond acceptors (Lipinski definition) is 3. The number of fused-ring (bicyclic) bond motifs is 1. The van der Waals surface area contributed by atoms with Gasteiger partial charge in [0.15, 0.2) is 0 Å². The van der Waals surface area contributed by atoms with E-state index in [-0.39, 0.29) is 11.7 Å². The van der Waals surface area contributed by atoms with E-state index >= 15 is 0 Å². The fraction of sp³-hybridized carbons (Fsp3) is 0.263. The van der Waals surface area contributed by atoms with Crippen LogP contribution in [-0.4, -0.2) is 22.2 Å². The van der Waals surface area contributed by atoms with Crippen molar-refractivity contribution in [1.29, 1.82) is 5.41 Å². The summed E-state index contributed by atoms with van der Waals surface area (Å²) in [7, 11) is 0. The molecule has 3 rings (SSSR count). The van der Waals surface area contributed by atoms with E-state index in [9.17, 15) is 4.39 Å². The lowest BCUT2D eigenvalue weighted by Gasteiger charge is -2.12. The summed E-state index contributed by atoms with van der Waals surface area (Å²) in [6, 6.07) is 10.5. The normalized spacial score (nSPS) is 12.2. The Morgan fingerprint density at radius 2 is 2.21 bits per heavy atom. The minimum absolute atomic E-state index is 0.214. The first-order valence-corrected chi connectivity index (χ1v) is 8.11. The van der Waals surface area contributed by atoms with Crippen molar-refractivity contribution in [3.63, 3.8) is 0 Å². The molecule has 3 N–H and O–H groups in total. The topological polar surface area (TPSA) is 64.6 Å². The predicted molar refractivity (Wildman–Crippen MR) is 96.4 cm³/mol. The number of H-pyrrole nitrogens is 1. The van der Waals surface area contributed by atoms with E-state index in [0.717, 1.165) is 22.3 Å². The molecule has 0 bridgehead atoms. The molecule has 0 aliphatic heterocycles. The molecule has 0 spiro atoms. The van der Waals surface area contributed by atoms with Gasteiger partial charge in [0.1, 0.15) is 11.6 Å². The molecular weight excluding hydrogens is 303 g/mol. The molecular formula is C19H21FN4. The van der Waals surface area contributed by atoms with Gasteiger partial charge in [0.25, 0.3) is 0 Å². The van der Waals surface area contributed by atoms with Crippen LogP contribution in [0.2, 0.25) is 0 Å². The molecule has 1 atom stereocenters. The first-order chi connectivity index (χ1) is 11.6. The Hall–Kier alpha value is -2.69. The van der Waals surface area contributed by atoms with E-state index < -0.39 is 0 Å². The van der Waals surface area contributed by atoms with Crippen LogP contribution >= 0.6 is 0 Å². The summed E-state index contributed by atoms with van der Waals surface area (Å²) >= 11 is 0. The molecule has 0 amide bonds. The number of pyridine rings is 1. The van der Waals surface area contributed by atoms with E-state index in [1.54, 1.807) is 12.3 Å². The number of benzene rings is 1. The van der Waals surface area contributed by atoms with Crippen molar-refractivity contribution < 1.29 is 4.39 Å². The molecule has 124 valence electrons. The molecule has 0 saturated heterocycles. The van der Waals surface area contributed by atoms with Crippen LogP contribution in [-0.2, 0) is 0 Å². The molecule has 0 radical (unpaired) electrons. The largest absolute Gasteiger partial charge is 0.370 e. The third-order valence-corrected chi connectivity index (χ3v) is 4.16. The van der Waals surface area contributed by atoms with Gasteiger partial charge in [-0.25, -0.2) is 9.37 Å². The molecule has 5 heteroatoms. The second-order valence-corrected chi connectivity index (χ2v) is 6.03. The quantitative estimate of drug-likeness (QED) is 0.551. The molecule has 0 saturated carbocycles. The Bertz CT molecular complexity index is 826. The number of aromatic nitrogens is 2. The molecule has 4 nitrogen and oxygen atoms in total. The summed E-state index contributed by atoms with van der Waals surface area (Å²) in [5, 5.41) is 12.4. The van der Waals surface area contributed by atoms with Crippen molar-refractivity contribution in [1.82, 2.24) is 9.97 Å². The third-order valence-electron chi connectivity index (χ3n) is 4.16.